The van der Waals surface area contributed by atoms with E-state index in [0.717, 1.165) is 21.8 Å². The fourth-order valence-corrected chi connectivity index (χ4v) is 4.66. The lowest BCUT2D eigenvalue weighted by Gasteiger charge is -2.05. The largest absolute Gasteiger partial charge is 0.347 e. The van der Waals surface area contributed by atoms with Crippen molar-refractivity contribution in [1.82, 2.24) is 10.0 Å². The minimum Gasteiger partial charge on any atom is -0.347 e. The minimum atomic E-state index is -3.57. The van der Waals surface area contributed by atoms with Crippen LogP contribution in [0.4, 0.5) is 0 Å². The summed E-state index contributed by atoms with van der Waals surface area (Å²) in [5, 5.41) is 2.79. The number of thiophene rings is 1. The van der Waals surface area contributed by atoms with Gasteiger partial charge in [0.05, 0.1) is 6.54 Å². The van der Waals surface area contributed by atoms with Crippen molar-refractivity contribution in [3.05, 3.63) is 88.8 Å². The Morgan fingerprint density at radius 3 is 2.19 bits per heavy atom. The van der Waals surface area contributed by atoms with Gasteiger partial charge in [-0.25, -0.2) is 13.1 Å². The van der Waals surface area contributed by atoms with E-state index in [1.165, 1.54) is 0 Å². The molecular weight excluding hydrogens is 368 g/mol. The maximum atomic E-state index is 12.4. The van der Waals surface area contributed by atoms with Crippen LogP contribution in [0.25, 0.3) is 0 Å². The van der Waals surface area contributed by atoms with E-state index in [9.17, 15) is 13.2 Å². The third kappa shape index (κ3) is 4.78. The van der Waals surface area contributed by atoms with Crippen LogP contribution in [0, 0.1) is 0 Å². The molecule has 0 spiro atoms. The zero-order chi connectivity index (χ0) is 18.4. The molecule has 0 aliphatic heterocycles. The van der Waals surface area contributed by atoms with Crippen molar-refractivity contribution in [2.75, 3.05) is 0 Å². The number of hydrogen-bond acceptors (Lipinski definition) is 4. The molecule has 0 saturated heterocycles. The lowest BCUT2D eigenvalue weighted by molar-refractivity contribution is 0.0951. The Bertz CT molecular complexity index is 968. The highest BCUT2D eigenvalue weighted by Crippen LogP contribution is 2.21. The van der Waals surface area contributed by atoms with Crippen molar-refractivity contribution in [3.8, 4) is 0 Å². The summed E-state index contributed by atoms with van der Waals surface area (Å²) in [6, 6.07) is 21.5. The summed E-state index contributed by atoms with van der Waals surface area (Å²) in [4.78, 5) is 12.8. The van der Waals surface area contributed by atoms with Gasteiger partial charge in [-0.05, 0) is 29.8 Å². The molecule has 0 saturated carbocycles. The van der Waals surface area contributed by atoms with Crippen LogP contribution in [0.15, 0.2) is 77.0 Å². The van der Waals surface area contributed by atoms with E-state index >= 15 is 0 Å². The number of rotatable bonds is 7. The van der Waals surface area contributed by atoms with Gasteiger partial charge in [0.25, 0.3) is 5.91 Å². The molecule has 0 radical (unpaired) electrons. The SMILES string of the molecule is O=C(NCc1ccc(S(=O)(=O)NCc2ccccc2)s1)c1ccccc1. The van der Waals surface area contributed by atoms with Crippen molar-refractivity contribution in [2.24, 2.45) is 0 Å². The molecule has 7 heteroatoms. The summed E-state index contributed by atoms with van der Waals surface area (Å²) in [7, 11) is -3.57. The van der Waals surface area contributed by atoms with Gasteiger partial charge in [-0.1, -0.05) is 48.5 Å². The number of nitrogens with one attached hydrogen (secondary N) is 2. The van der Waals surface area contributed by atoms with Gasteiger partial charge in [-0.3, -0.25) is 4.79 Å². The maximum Gasteiger partial charge on any atom is 0.251 e. The van der Waals surface area contributed by atoms with Crippen LogP contribution >= 0.6 is 11.3 Å². The van der Waals surface area contributed by atoms with Gasteiger partial charge >= 0.3 is 0 Å². The Balaban J connectivity index is 1.59. The summed E-state index contributed by atoms with van der Waals surface area (Å²) < 4.78 is 27.6. The van der Waals surface area contributed by atoms with Crippen LogP contribution in [0.5, 0.6) is 0 Å². The number of carbonyl (C=O) groups is 1. The van der Waals surface area contributed by atoms with Gasteiger partial charge in [0.15, 0.2) is 0 Å². The zero-order valence-electron chi connectivity index (χ0n) is 13.9. The molecular formula is C19H18N2O3S2. The van der Waals surface area contributed by atoms with Gasteiger partial charge in [0, 0.05) is 17.0 Å². The summed E-state index contributed by atoms with van der Waals surface area (Å²) in [5.41, 5.74) is 1.46. The van der Waals surface area contributed by atoms with E-state index in [0.29, 0.717) is 5.56 Å². The second-order valence-electron chi connectivity index (χ2n) is 5.58. The number of carbonyl (C=O) groups excluding carboxylic acids is 1. The standard InChI is InChI=1S/C19H18N2O3S2/c22-19(16-9-5-2-6-10-16)20-14-17-11-12-18(25-17)26(23,24)21-13-15-7-3-1-4-8-15/h1-12,21H,13-14H2,(H,20,22). The van der Waals surface area contributed by atoms with Gasteiger partial charge < -0.3 is 5.32 Å². The van der Waals surface area contributed by atoms with E-state index in [2.05, 4.69) is 10.0 Å². The average molecular weight is 386 g/mol. The maximum absolute atomic E-state index is 12.4. The first-order valence-electron chi connectivity index (χ1n) is 8.00. The van der Waals surface area contributed by atoms with Gasteiger partial charge in [-0.15, -0.1) is 11.3 Å². The van der Waals surface area contributed by atoms with Crippen molar-refractivity contribution < 1.29 is 13.2 Å². The molecule has 2 N–H and O–H groups in total. The molecule has 1 amide bonds. The van der Waals surface area contributed by atoms with E-state index in [-0.39, 0.29) is 23.2 Å². The van der Waals surface area contributed by atoms with Crippen LogP contribution in [0.1, 0.15) is 20.8 Å². The number of benzene rings is 2. The molecule has 0 bridgehead atoms. The Kier molecular flexibility index (Phi) is 5.82. The summed E-state index contributed by atoms with van der Waals surface area (Å²) in [6.45, 7) is 0.522. The first-order chi connectivity index (χ1) is 12.5. The topological polar surface area (TPSA) is 75.3 Å². The minimum absolute atomic E-state index is 0.189. The Hall–Kier alpha value is -2.48. The van der Waals surface area contributed by atoms with Crippen LogP contribution in [0.2, 0.25) is 0 Å². The van der Waals surface area contributed by atoms with Crippen molar-refractivity contribution in [2.45, 2.75) is 17.3 Å². The van der Waals surface area contributed by atoms with Gasteiger partial charge in [-0.2, -0.15) is 0 Å². The summed E-state index contributed by atoms with van der Waals surface area (Å²) >= 11 is 1.15. The predicted molar refractivity (Wildman–Crippen MR) is 102 cm³/mol. The summed E-state index contributed by atoms with van der Waals surface area (Å²) in [5.74, 6) is -0.189. The number of hydrogen-bond donors (Lipinski definition) is 2. The molecule has 0 aliphatic rings. The smallest absolute Gasteiger partial charge is 0.251 e. The monoisotopic (exact) mass is 386 g/mol. The number of amides is 1. The lowest BCUT2D eigenvalue weighted by atomic mass is 10.2. The van der Waals surface area contributed by atoms with Crippen LogP contribution < -0.4 is 10.0 Å². The van der Waals surface area contributed by atoms with E-state index in [1.807, 2.05) is 36.4 Å². The Morgan fingerprint density at radius 1 is 0.846 bits per heavy atom. The van der Waals surface area contributed by atoms with Crippen molar-refractivity contribution in [3.63, 3.8) is 0 Å². The number of sulfonamides is 1. The first-order valence-corrected chi connectivity index (χ1v) is 10.3. The summed E-state index contributed by atoms with van der Waals surface area (Å²) in [6.07, 6.45) is 0. The van der Waals surface area contributed by atoms with Crippen molar-refractivity contribution >= 4 is 27.3 Å². The predicted octanol–water partition coefficient (Wildman–Crippen LogP) is 3.16. The van der Waals surface area contributed by atoms with Crippen LogP contribution in [0.3, 0.4) is 0 Å². The lowest BCUT2D eigenvalue weighted by Crippen LogP contribution is -2.22. The fraction of sp³-hybridized carbons (Fsp3) is 0.105. The molecule has 26 heavy (non-hydrogen) atoms. The third-order valence-electron chi connectivity index (χ3n) is 3.67. The molecule has 2 aromatic carbocycles. The van der Waals surface area contributed by atoms with Crippen LogP contribution in [-0.2, 0) is 23.1 Å². The molecule has 134 valence electrons. The Morgan fingerprint density at radius 2 is 1.50 bits per heavy atom. The molecule has 0 atom stereocenters. The van der Waals surface area contributed by atoms with E-state index in [4.69, 9.17) is 0 Å². The molecule has 0 aliphatic carbocycles. The van der Waals surface area contributed by atoms with E-state index < -0.39 is 10.0 Å². The fourth-order valence-electron chi connectivity index (χ4n) is 2.30. The highest BCUT2D eigenvalue weighted by atomic mass is 32.2. The Labute approximate surface area is 156 Å². The molecule has 1 aromatic heterocycles. The molecule has 1 heterocycles. The zero-order valence-corrected chi connectivity index (χ0v) is 15.5. The normalized spacial score (nSPS) is 11.2. The van der Waals surface area contributed by atoms with E-state index in [1.54, 1.807) is 36.4 Å². The van der Waals surface area contributed by atoms with Crippen LogP contribution in [-0.4, -0.2) is 14.3 Å². The first kappa shape index (κ1) is 18.3. The highest BCUT2D eigenvalue weighted by molar-refractivity contribution is 7.91. The molecule has 3 aromatic rings. The average Bonchev–Trinajstić information content (AvgIpc) is 3.16. The molecule has 3 rings (SSSR count). The van der Waals surface area contributed by atoms with Crippen molar-refractivity contribution in [1.29, 1.82) is 0 Å². The second kappa shape index (κ2) is 8.27. The molecule has 0 fully saturated rings. The second-order valence-corrected chi connectivity index (χ2v) is 8.74. The van der Waals surface area contributed by atoms with Gasteiger partial charge in [0.2, 0.25) is 10.0 Å². The molecule has 5 nitrogen and oxygen atoms in total. The third-order valence-corrected chi connectivity index (χ3v) is 6.65. The van der Waals surface area contributed by atoms with Gasteiger partial charge in [0.1, 0.15) is 4.21 Å². The highest BCUT2D eigenvalue weighted by Gasteiger charge is 2.17. The molecule has 0 unspecified atom stereocenters. The quantitative estimate of drug-likeness (QED) is 0.655.